The molecule has 0 aliphatic carbocycles. The van der Waals surface area contributed by atoms with E-state index >= 15 is 0 Å². The molecule has 21 heavy (non-hydrogen) atoms. The first-order valence-corrected chi connectivity index (χ1v) is 7.53. The molecule has 0 radical (unpaired) electrons. The lowest BCUT2D eigenvalue weighted by atomic mass is 9.95. The third-order valence-electron chi connectivity index (χ3n) is 3.14. The van der Waals surface area contributed by atoms with Gasteiger partial charge in [0, 0.05) is 11.6 Å². The molecule has 0 bridgehead atoms. The van der Waals surface area contributed by atoms with E-state index in [2.05, 4.69) is 19.9 Å². The van der Waals surface area contributed by atoms with Crippen molar-refractivity contribution in [1.82, 2.24) is 0 Å². The Labute approximate surface area is 127 Å². The summed E-state index contributed by atoms with van der Waals surface area (Å²) in [5.41, 5.74) is 3.91. The number of carboxylic acid groups (broad SMARTS) is 1. The maximum absolute atomic E-state index is 11.1. The second-order valence-electron chi connectivity index (χ2n) is 5.92. The molecular formula is C18H26O3. The fourth-order valence-electron chi connectivity index (χ4n) is 2.34. The molecule has 0 aliphatic heterocycles. The lowest BCUT2D eigenvalue weighted by molar-refractivity contribution is -0.131. The molecule has 116 valence electrons. The summed E-state index contributed by atoms with van der Waals surface area (Å²) in [6.07, 6.45) is 2.93. The van der Waals surface area contributed by atoms with Gasteiger partial charge in [0.05, 0.1) is 6.61 Å². The van der Waals surface area contributed by atoms with Gasteiger partial charge >= 0.3 is 5.97 Å². The van der Waals surface area contributed by atoms with Crippen LogP contribution in [0.2, 0.25) is 0 Å². The molecule has 1 aromatic rings. The maximum Gasteiger partial charge on any atom is 0.328 e. The largest absolute Gasteiger partial charge is 0.492 e. The quantitative estimate of drug-likeness (QED) is 0.746. The van der Waals surface area contributed by atoms with Gasteiger partial charge < -0.3 is 9.84 Å². The van der Waals surface area contributed by atoms with Crippen molar-refractivity contribution in [1.29, 1.82) is 0 Å². The van der Waals surface area contributed by atoms with Crippen molar-refractivity contribution in [3.63, 3.8) is 0 Å². The molecule has 0 fully saturated rings. The van der Waals surface area contributed by atoms with Crippen LogP contribution in [0.4, 0.5) is 0 Å². The average molecular weight is 290 g/mol. The average Bonchev–Trinajstić information content (AvgIpc) is 2.35. The number of allylic oxidation sites excluding steroid dienone is 1. The third-order valence-corrected chi connectivity index (χ3v) is 3.14. The summed E-state index contributed by atoms with van der Waals surface area (Å²) >= 11 is 0. The first kappa shape index (κ1) is 17.3. The van der Waals surface area contributed by atoms with Crippen LogP contribution in [0.25, 0.3) is 5.57 Å². The topological polar surface area (TPSA) is 46.5 Å². The normalized spacial score (nSPS) is 11.8. The van der Waals surface area contributed by atoms with Crippen LogP contribution < -0.4 is 4.74 Å². The minimum Gasteiger partial charge on any atom is -0.492 e. The van der Waals surface area contributed by atoms with Crippen molar-refractivity contribution in [2.24, 2.45) is 5.92 Å². The van der Waals surface area contributed by atoms with Gasteiger partial charge in [0.1, 0.15) is 5.75 Å². The first-order valence-electron chi connectivity index (χ1n) is 7.53. The Hall–Kier alpha value is -1.77. The number of rotatable bonds is 7. The van der Waals surface area contributed by atoms with E-state index in [0.717, 1.165) is 40.9 Å². The predicted molar refractivity (Wildman–Crippen MR) is 86.8 cm³/mol. The second kappa shape index (κ2) is 7.87. The molecule has 3 nitrogen and oxygen atoms in total. The molecule has 0 amide bonds. The van der Waals surface area contributed by atoms with Crippen molar-refractivity contribution in [2.45, 2.75) is 47.5 Å². The van der Waals surface area contributed by atoms with Crippen LogP contribution in [0.3, 0.4) is 0 Å². The Bertz CT molecular complexity index is 528. The molecule has 0 saturated heterocycles. The highest BCUT2D eigenvalue weighted by Gasteiger charge is 2.14. The van der Waals surface area contributed by atoms with Crippen LogP contribution >= 0.6 is 0 Å². The Morgan fingerprint density at radius 3 is 2.52 bits per heavy atom. The van der Waals surface area contributed by atoms with Crippen molar-refractivity contribution >= 4 is 11.5 Å². The highest BCUT2D eigenvalue weighted by Crippen LogP contribution is 2.33. The van der Waals surface area contributed by atoms with Crippen LogP contribution in [0.1, 0.15) is 50.3 Å². The smallest absolute Gasteiger partial charge is 0.328 e. The van der Waals surface area contributed by atoms with E-state index in [4.69, 9.17) is 9.84 Å². The van der Waals surface area contributed by atoms with Crippen molar-refractivity contribution in [3.05, 3.63) is 34.9 Å². The number of aliphatic carboxylic acids is 1. The molecule has 3 heteroatoms. The van der Waals surface area contributed by atoms with E-state index in [9.17, 15) is 4.79 Å². The molecular weight excluding hydrogens is 264 g/mol. The predicted octanol–water partition coefficient (Wildman–Crippen LogP) is 4.61. The second-order valence-corrected chi connectivity index (χ2v) is 5.92. The first-order chi connectivity index (χ1) is 9.85. The summed E-state index contributed by atoms with van der Waals surface area (Å²) in [6.45, 7) is 10.9. The molecule has 1 aromatic carbocycles. The van der Waals surface area contributed by atoms with E-state index in [1.54, 1.807) is 0 Å². The van der Waals surface area contributed by atoms with Gasteiger partial charge in [-0.3, -0.25) is 0 Å². The Balaban J connectivity index is 3.32. The fourth-order valence-corrected chi connectivity index (χ4v) is 2.34. The summed E-state index contributed by atoms with van der Waals surface area (Å²) < 4.78 is 5.96. The number of hydrogen-bond acceptors (Lipinski definition) is 2. The Morgan fingerprint density at radius 2 is 2.00 bits per heavy atom. The Morgan fingerprint density at radius 1 is 1.33 bits per heavy atom. The van der Waals surface area contributed by atoms with Gasteiger partial charge in [-0.2, -0.15) is 0 Å². The summed E-state index contributed by atoms with van der Waals surface area (Å²) in [6, 6.07) is 4.09. The van der Waals surface area contributed by atoms with Crippen molar-refractivity contribution < 1.29 is 14.6 Å². The number of ether oxygens (including phenoxy) is 1. The van der Waals surface area contributed by atoms with E-state index in [-0.39, 0.29) is 0 Å². The number of carbonyl (C=O) groups is 1. The molecule has 1 N–H and O–H groups in total. The van der Waals surface area contributed by atoms with Gasteiger partial charge in [0.25, 0.3) is 0 Å². The van der Waals surface area contributed by atoms with E-state index < -0.39 is 5.97 Å². The lowest BCUT2D eigenvalue weighted by Crippen LogP contribution is -2.08. The molecule has 0 aromatic heterocycles. The Kier molecular flexibility index (Phi) is 6.47. The summed E-state index contributed by atoms with van der Waals surface area (Å²) in [4.78, 5) is 11.1. The van der Waals surface area contributed by atoms with Gasteiger partial charge in [0.15, 0.2) is 0 Å². The molecule has 0 heterocycles. The highest BCUT2D eigenvalue weighted by molar-refractivity contribution is 5.91. The summed E-state index contributed by atoms with van der Waals surface area (Å²) in [5.74, 6) is 0.333. The number of hydrogen-bond donors (Lipinski definition) is 1. The molecule has 1 rings (SSSR count). The van der Waals surface area contributed by atoms with Crippen LogP contribution in [-0.2, 0) is 4.79 Å². The summed E-state index contributed by atoms with van der Waals surface area (Å²) in [5, 5.41) is 9.10. The van der Waals surface area contributed by atoms with Crippen LogP contribution in [-0.4, -0.2) is 17.7 Å². The van der Waals surface area contributed by atoms with Crippen molar-refractivity contribution in [2.75, 3.05) is 6.61 Å². The monoisotopic (exact) mass is 290 g/mol. The van der Waals surface area contributed by atoms with E-state index in [1.165, 1.54) is 6.08 Å². The molecule has 0 saturated carbocycles. The van der Waals surface area contributed by atoms with Crippen molar-refractivity contribution in [3.8, 4) is 5.75 Å². The van der Waals surface area contributed by atoms with Crippen LogP contribution in [0.15, 0.2) is 18.2 Å². The minimum absolute atomic E-state index is 0.427. The van der Waals surface area contributed by atoms with E-state index in [1.807, 2.05) is 26.8 Å². The molecule has 0 atom stereocenters. The zero-order chi connectivity index (χ0) is 16.0. The SMILES string of the molecule is CCC/C(=C\C(=O)O)c1cc(C)cc(C)c1OCC(C)C. The maximum atomic E-state index is 11.1. The number of benzene rings is 1. The van der Waals surface area contributed by atoms with Gasteiger partial charge in [-0.05, 0) is 49.0 Å². The van der Waals surface area contributed by atoms with Crippen LogP contribution in [0.5, 0.6) is 5.75 Å². The fraction of sp³-hybridized carbons (Fsp3) is 0.500. The lowest BCUT2D eigenvalue weighted by Gasteiger charge is -2.18. The van der Waals surface area contributed by atoms with Gasteiger partial charge in [0.2, 0.25) is 0 Å². The highest BCUT2D eigenvalue weighted by atomic mass is 16.5. The van der Waals surface area contributed by atoms with Gasteiger partial charge in [-0.15, -0.1) is 0 Å². The van der Waals surface area contributed by atoms with Crippen LogP contribution in [0, 0.1) is 19.8 Å². The van der Waals surface area contributed by atoms with Gasteiger partial charge in [-0.25, -0.2) is 4.79 Å². The third kappa shape index (κ3) is 5.25. The van der Waals surface area contributed by atoms with E-state index in [0.29, 0.717) is 12.5 Å². The van der Waals surface area contributed by atoms with Gasteiger partial charge in [-0.1, -0.05) is 33.3 Å². The zero-order valence-corrected chi connectivity index (χ0v) is 13.7. The number of aryl methyl sites for hydroxylation is 2. The standard InChI is InChI=1S/C18H26O3/c1-6-7-15(10-17(19)20)16-9-13(4)8-14(5)18(16)21-11-12(2)3/h8-10,12H,6-7,11H2,1-5H3,(H,19,20)/b15-10+. The molecule has 0 aliphatic rings. The zero-order valence-electron chi connectivity index (χ0n) is 13.7. The molecule has 0 spiro atoms. The number of carboxylic acids is 1. The summed E-state index contributed by atoms with van der Waals surface area (Å²) in [7, 11) is 0. The molecule has 0 unspecified atom stereocenters. The minimum atomic E-state index is -0.910.